The fourth-order valence-electron chi connectivity index (χ4n) is 3.54. The molecule has 6 heteroatoms. The number of benzene rings is 2. The summed E-state index contributed by atoms with van der Waals surface area (Å²) in [4.78, 5) is 27.2. The molecule has 0 radical (unpaired) electrons. The van der Waals surface area contributed by atoms with Crippen LogP contribution in [0.25, 0.3) is 0 Å². The number of halogens is 1. The molecule has 0 spiro atoms. The molecule has 0 unspecified atom stereocenters. The van der Waals surface area contributed by atoms with Gasteiger partial charge in [-0.1, -0.05) is 18.2 Å². The summed E-state index contributed by atoms with van der Waals surface area (Å²) in [6, 6.07) is 13.2. The van der Waals surface area contributed by atoms with E-state index in [1.54, 1.807) is 18.7 Å². The highest BCUT2D eigenvalue weighted by Gasteiger charge is 2.36. The van der Waals surface area contributed by atoms with Gasteiger partial charge >= 0.3 is 0 Å². The van der Waals surface area contributed by atoms with Crippen molar-refractivity contribution in [2.24, 2.45) is 0 Å². The van der Waals surface area contributed by atoms with Crippen LogP contribution in [-0.2, 0) is 4.79 Å². The maximum atomic E-state index is 13.1. The van der Waals surface area contributed by atoms with Crippen LogP contribution in [0.2, 0.25) is 0 Å². The molecule has 1 heterocycles. The maximum Gasteiger partial charge on any atom is 0.266 e. The monoisotopic (exact) mass is 398 g/mol. The number of hydrogen-bond acceptors (Lipinski definition) is 3. The average molecular weight is 398 g/mol. The van der Waals surface area contributed by atoms with Gasteiger partial charge in [-0.3, -0.25) is 9.59 Å². The minimum atomic E-state index is -1.06. The topological polar surface area (TPSA) is 58.6 Å². The van der Waals surface area contributed by atoms with Gasteiger partial charge in [-0.2, -0.15) is 0 Å². The molecule has 1 fully saturated rings. The standard InChI is InChI=1S/C23H27FN2O3/c1-16-6-4-5-7-20(16)21(27)25-18-12-14-26(15-13-18)22(28)23(2,3)29-19-10-8-17(24)9-11-19/h4-11,18H,12-15H2,1-3H3,(H,25,27). The van der Waals surface area contributed by atoms with E-state index < -0.39 is 5.60 Å². The van der Waals surface area contributed by atoms with Crippen LogP contribution in [0.1, 0.15) is 42.6 Å². The smallest absolute Gasteiger partial charge is 0.266 e. The van der Waals surface area contributed by atoms with Gasteiger partial charge in [-0.15, -0.1) is 0 Å². The SMILES string of the molecule is Cc1ccccc1C(=O)NC1CCN(C(=O)C(C)(C)Oc2ccc(F)cc2)CC1. The van der Waals surface area contributed by atoms with Crippen LogP contribution in [0.15, 0.2) is 48.5 Å². The molecule has 2 amide bonds. The number of nitrogens with one attached hydrogen (secondary N) is 1. The first kappa shape index (κ1) is 20.8. The molecule has 0 aromatic heterocycles. The van der Waals surface area contributed by atoms with Gasteiger partial charge in [-0.05, 0) is 69.5 Å². The normalized spacial score (nSPS) is 15.1. The number of piperidine rings is 1. The zero-order valence-corrected chi connectivity index (χ0v) is 17.1. The van der Waals surface area contributed by atoms with Gasteiger partial charge in [0, 0.05) is 24.7 Å². The third-order valence-corrected chi connectivity index (χ3v) is 5.21. The number of carbonyl (C=O) groups is 2. The van der Waals surface area contributed by atoms with Crippen LogP contribution in [0.3, 0.4) is 0 Å². The van der Waals surface area contributed by atoms with Crippen LogP contribution < -0.4 is 10.1 Å². The highest BCUT2D eigenvalue weighted by Crippen LogP contribution is 2.23. The van der Waals surface area contributed by atoms with Gasteiger partial charge in [0.1, 0.15) is 11.6 Å². The maximum absolute atomic E-state index is 13.1. The Labute approximate surface area is 170 Å². The minimum absolute atomic E-state index is 0.0345. The molecule has 3 rings (SSSR count). The van der Waals surface area contributed by atoms with Gasteiger partial charge in [0.2, 0.25) is 0 Å². The lowest BCUT2D eigenvalue weighted by Crippen LogP contribution is -2.53. The van der Waals surface area contributed by atoms with E-state index in [0.717, 1.165) is 5.56 Å². The Hall–Kier alpha value is -2.89. The molecule has 29 heavy (non-hydrogen) atoms. The number of ether oxygens (including phenoxy) is 1. The number of aryl methyl sites for hydroxylation is 1. The van der Waals surface area contributed by atoms with E-state index in [4.69, 9.17) is 4.74 Å². The number of carbonyl (C=O) groups excluding carboxylic acids is 2. The van der Waals surface area contributed by atoms with E-state index in [-0.39, 0.29) is 23.7 Å². The fourth-order valence-corrected chi connectivity index (χ4v) is 3.54. The molecule has 0 aliphatic carbocycles. The molecule has 1 aliphatic rings. The molecule has 0 atom stereocenters. The predicted molar refractivity (Wildman–Crippen MR) is 109 cm³/mol. The van der Waals surface area contributed by atoms with Crippen LogP contribution >= 0.6 is 0 Å². The Bertz CT molecular complexity index is 872. The third-order valence-electron chi connectivity index (χ3n) is 5.21. The Morgan fingerprint density at radius 3 is 2.31 bits per heavy atom. The average Bonchev–Trinajstić information content (AvgIpc) is 2.70. The van der Waals surface area contributed by atoms with E-state index >= 15 is 0 Å². The summed E-state index contributed by atoms with van der Waals surface area (Å²) < 4.78 is 18.9. The van der Waals surface area contributed by atoms with Crippen molar-refractivity contribution in [1.82, 2.24) is 10.2 Å². The number of nitrogens with zero attached hydrogens (tertiary/aromatic N) is 1. The lowest BCUT2D eigenvalue weighted by molar-refractivity contribution is -0.146. The molecule has 2 aromatic carbocycles. The predicted octanol–water partition coefficient (Wildman–Crippen LogP) is 3.71. The Morgan fingerprint density at radius 1 is 1.07 bits per heavy atom. The highest BCUT2D eigenvalue weighted by molar-refractivity contribution is 5.95. The van der Waals surface area contributed by atoms with Crippen molar-refractivity contribution in [2.45, 2.75) is 45.3 Å². The Morgan fingerprint density at radius 2 is 1.69 bits per heavy atom. The van der Waals surface area contributed by atoms with Crippen molar-refractivity contribution in [2.75, 3.05) is 13.1 Å². The van der Waals surface area contributed by atoms with Gasteiger partial charge in [0.15, 0.2) is 5.60 Å². The molecule has 5 nitrogen and oxygen atoms in total. The number of hydrogen-bond donors (Lipinski definition) is 1. The first-order valence-corrected chi connectivity index (χ1v) is 9.87. The molecule has 1 N–H and O–H groups in total. The first-order valence-electron chi connectivity index (χ1n) is 9.87. The molecule has 1 saturated heterocycles. The minimum Gasteiger partial charge on any atom is -0.478 e. The summed E-state index contributed by atoms with van der Waals surface area (Å²) in [5.41, 5.74) is 0.562. The second kappa shape index (κ2) is 8.64. The van der Waals surface area contributed by atoms with Crippen molar-refractivity contribution < 1.29 is 18.7 Å². The van der Waals surface area contributed by atoms with Crippen LogP contribution in [0.4, 0.5) is 4.39 Å². The number of rotatable bonds is 5. The molecule has 154 valence electrons. The first-order chi connectivity index (χ1) is 13.8. The van der Waals surface area contributed by atoms with E-state index in [1.807, 2.05) is 31.2 Å². The van der Waals surface area contributed by atoms with E-state index in [1.165, 1.54) is 24.3 Å². The highest BCUT2D eigenvalue weighted by atomic mass is 19.1. The molecule has 0 saturated carbocycles. The van der Waals surface area contributed by atoms with E-state index in [9.17, 15) is 14.0 Å². The Kier molecular flexibility index (Phi) is 6.20. The van der Waals surface area contributed by atoms with Crippen LogP contribution in [0.5, 0.6) is 5.75 Å². The Balaban J connectivity index is 1.54. The fraction of sp³-hybridized carbons (Fsp3) is 0.391. The second-order valence-electron chi connectivity index (χ2n) is 7.92. The lowest BCUT2D eigenvalue weighted by atomic mass is 10.0. The summed E-state index contributed by atoms with van der Waals surface area (Å²) in [6.45, 7) is 6.44. The van der Waals surface area contributed by atoms with Gasteiger partial charge in [0.05, 0.1) is 0 Å². The van der Waals surface area contributed by atoms with Gasteiger partial charge in [-0.25, -0.2) is 4.39 Å². The summed E-state index contributed by atoms with van der Waals surface area (Å²) in [7, 11) is 0. The molecular formula is C23H27FN2O3. The van der Waals surface area contributed by atoms with Crippen molar-refractivity contribution in [3.8, 4) is 5.75 Å². The number of amides is 2. The summed E-state index contributed by atoms with van der Waals surface area (Å²) in [5, 5.41) is 3.08. The lowest BCUT2D eigenvalue weighted by Gasteiger charge is -2.37. The summed E-state index contributed by atoms with van der Waals surface area (Å²) >= 11 is 0. The molecule has 1 aliphatic heterocycles. The van der Waals surface area contributed by atoms with Crippen molar-refractivity contribution in [3.63, 3.8) is 0 Å². The summed E-state index contributed by atoms with van der Waals surface area (Å²) in [5.74, 6) is -0.0974. The van der Waals surface area contributed by atoms with Crippen molar-refractivity contribution >= 4 is 11.8 Å². The van der Waals surface area contributed by atoms with E-state index in [0.29, 0.717) is 37.2 Å². The van der Waals surface area contributed by atoms with Crippen LogP contribution in [0, 0.1) is 12.7 Å². The molecule has 0 bridgehead atoms. The molecule has 2 aromatic rings. The second-order valence-corrected chi connectivity index (χ2v) is 7.92. The van der Waals surface area contributed by atoms with Crippen molar-refractivity contribution in [1.29, 1.82) is 0 Å². The number of likely N-dealkylation sites (tertiary alicyclic amines) is 1. The summed E-state index contributed by atoms with van der Waals surface area (Å²) in [6.07, 6.45) is 1.38. The van der Waals surface area contributed by atoms with Gasteiger partial charge < -0.3 is 15.0 Å². The third kappa shape index (κ3) is 5.13. The largest absolute Gasteiger partial charge is 0.478 e. The molecular weight excluding hydrogens is 371 g/mol. The van der Waals surface area contributed by atoms with E-state index in [2.05, 4.69) is 5.32 Å². The van der Waals surface area contributed by atoms with Gasteiger partial charge in [0.25, 0.3) is 11.8 Å². The zero-order valence-electron chi connectivity index (χ0n) is 17.1. The zero-order chi connectivity index (χ0) is 21.0. The van der Waals surface area contributed by atoms with Crippen molar-refractivity contribution in [3.05, 3.63) is 65.5 Å². The quantitative estimate of drug-likeness (QED) is 0.835. The van der Waals surface area contributed by atoms with Crippen LogP contribution in [-0.4, -0.2) is 41.4 Å².